The fourth-order valence-corrected chi connectivity index (χ4v) is 2.76. The molecule has 5 heteroatoms. The van der Waals surface area contributed by atoms with Gasteiger partial charge in [0, 0.05) is 18.3 Å². The van der Waals surface area contributed by atoms with Gasteiger partial charge >= 0.3 is 0 Å². The van der Waals surface area contributed by atoms with Crippen molar-refractivity contribution in [3.63, 3.8) is 0 Å². The van der Waals surface area contributed by atoms with E-state index < -0.39 is 0 Å². The molecular weight excluding hydrogens is 270 g/mol. The highest BCUT2D eigenvalue weighted by molar-refractivity contribution is 7.99. The van der Waals surface area contributed by atoms with E-state index in [4.69, 9.17) is 21.1 Å². The minimum atomic E-state index is 0.259. The largest absolute Gasteiger partial charge is 0.454 e. The normalized spacial score (nSPS) is 14.8. The van der Waals surface area contributed by atoms with Crippen LogP contribution in [0.1, 0.15) is 19.4 Å². The zero-order valence-corrected chi connectivity index (χ0v) is 12.2. The van der Waals surface area contributed by atoms with Crippen LogP contribution >= 0.6 is 23.4 Å². The molecule has 1 heterocycles. The summed E-state index contributed by atoms with van der Waals surface area (Å²) < 4.78 is 10.6. The minimum absolute atomic E-state index is 0.259. The maximum absolute atomic E-state index is 6.14. The lowest BCUT2D eigenvalue weighted by Gasteiger charge is -2.13. The molecule has 0 aliphatic carbocycles. The molecule has 0 aromatic heterocycles. The lowest BCUT2D eigenvalue weighted by Crippen LogP contribution is -2.27. The van der Waals surface area contributed by atoms with Crippen LogP contribution in [0.25, 0.3) is 0 Å². The van der Waals surface area contributed by atoms with Gasteiger partial charge in [-0.25, -0.2) is 0 Å². The van der Waals surface area contributed by atoms with Crippen LogP contribution in [0.3, 0.4) is 0 Å². The third-order valence-corrected chi connectivity index (χ3v) is 4.14. The van der Waals surface area contributed by atoms with Gasteiger partial charge in [0.25, 0.3) is 0 Å². The summed E-state index contributed by atoms with van der Waals surface area (Å²) in [5.41, 5.74) is 1.12. The molecule has 1 N–H and O–H groups in total. The summed E-state index contributed by atoms with van der Waals surface area (Å²) in [5.74, 6) is 3.68. The number of hydrogen-bond acceptors (Lipinski definition) is 4. The highest BCUT2D eigenvalue weighted by atomic mass is 35.5. The summed E-state index contributed by atoms with van der Waals surface area (Å²) >= 11 is 8.08. The summed E-state index contributed by atoms with van der Waals surface area (Å²) in [6, 6.07) is 4.40. The van der Waals surface area contributed by atoms with Crippen molar-refractivity contribution in [2.75, 3.05) is 18.3 Å². The second-order valence-corrected chi connectivity index (χ2v) is 5.98. The third-order valence-electron chi connectivity index (χ3n) is 2.71. The Morgan fingerprint density at radius 3 is 3.06 bits per heavy atom. The Balaban J connectivity index is 1.92. The van der Waals surface area contributed by atoms with Crippen molar-refractivity contribution in [3.8, 4) is 11.5 Å². The quantitative estimate of drug-likeness (QED) is 0.870. The number of halogens is 1. The highest BCUT2D eigenvalue weighted by Crippen LogP contribution is 2.39. The third kappa shape index (κ3) is 3.46. The number of hydrogen-bond donors (Lipinski definition) is 1. The van der Waals surface area contributed by atoms with Crippen molar-refractivity contribution in [1.29, 1.82) is 0 Å². The van der Waals surface area contributed by atoms with Gasteiger partial charge in [0.1, 0.15) is 0 Å². The number of ether oxygens (including phenoxy) is 2. The summed E-state index contributed by atoms with van der Waals surface area (Å²) in [6.07, 6.45) is 0. The monoisotopic (exact) mass is 287 g/mol. The van der Waals surface area contributed by atoms with Crippen molar-refractivity contribution in [2.45, 2.75) is 26.4 Å². The lowest BCUT2D eigenvalue weighted by atomic mass is 10.2. The summed E-state index contributed by atoms with van der Waals surface area (Å²) in [6.45, 7) is 5.42. The van der Waals surface area contributed by atoms with Crippen molar-refractivity contribution in [1.82, 2.24) is 5.32 Å². The van der Waals surface area contributed by atoms with E-state index in [0.29, 0.717) is 16.8 Å². The van der Waals surface area contributed by atoms with Gasteiger partial charge in [0.2, 0.25) is 6.79 Å². The molecule has 0 radical (unpaired) electrons. The molecule has 1 aromatic carbocycles. The van der Waals surface area contributed by atoms with Gasteiger partial charge in [-0.05, 0) is 30.4 Å². The van der Waals surface area contributed by atoms with Crippen LogP contribution in [-0.2, 0) is 6.54 Å². The fraction of sp³-hybridized carbons (Fsp3) is 0.538. The van der Waals surface area contributed by atoms with Gasteiger partial charge in [0.15, 0.2) is 11.5 Å². The molecule has 2 rings (SSSR count). The molecular formula is C13H18ClNO2S. The predicted molar refractivity (Wildman–Crippen MR) is 76.9 cm³/mol. The van der Waals surface area contributed by atoms with Crippen LogP contribution < -0.4 is 14.8 Å². The Kier molecular flexibility index (Phi) is 5.03. The Morgan fingerprint density at radius 2 is 2.28 bits per heavy atom. The van der Waals surface area contributed by atoms with E-state index in [0.717, 1.165) is 29.4 Å². The van der Waals surface area contributed by atoms with E-state index in [9.17, 15) is 0 Å². The smallest absolute Gasteiger partial charge is 0.231 e. The average Bonchev–Trinajstić information content (AvgIpc) is 2.82. The first-order chi connectivity index (χ1) is 8.70. The number of benzene rings is 1. The molecule has 1 aliphatic rings. The number of fused-ring (bicyclic) bond motifs is 1. The van der Waals surface area contributed by atoms with Gasteiger partial charge in [-0.15, -0.1) is 0 Å². The Labute approximate surface area is 117 Å². The van der Waals surface area contributed by atoms with Crippen molar-refractivity contribution in [2.24, 2.45) is 0 Å². The molecule has 1 atom stereocenters. The van der Waals surface area contributed by atoms with Crippen LogP contribution in [0.5, 0.6) is 11.5 Å². The molecule has 0 saturated carbocycles. The lowest BCUT2D eigenvalue weighted by molar-refractivity contribution is 0.174. The average molecular weight is 288 g/mol. The summed E-state index contributed by atoms with van der Waals surface area (Å²) in [4.78, 5) is 0. The first-order valence-corrected chi connectivity index (χ1v) is 7.63. The first-order valence-electron chi connectivity index (χ1n) is 6.10. The molecule has 0 saturated heterocycles. The zero-order valence-electron chi connectivity index (χ0n) is 10.7. The maximum atomic E-state index is 6.14. The van der Waals surface area contributed by atoms with Gasteiger partial charge < -0.3 is 14.8 Å². The van der Waals surface area contributed by atoms with Gasteiger partial charge in [-0.2, -0.15) is 11.8 Å². The highest BCUT2D eigenvalue weighted by Gasteiger charge is 2.18. The minimum Gasteiger partial charge on any atom is -0.454 e. The van der Waals surface area contributed by atoms with E-state index >= 15 is 0 Å². The van der Waals surface area contributed by atoms with Crippen molar-refractivity contribution in [3.05, 3.63) is 22.7 Å². The molecule has 100 valence electrons. The molecule has 0 spiro atoms. The van der Waals surface area contributed by atoms with E-state index in [2.05, 4.69) is 19.2 Å². The van der Waals surface area contributed by atoms with Crippen LogP contribution in [-0.4, -0.2) is 24.3 Å². The van der Waals surface area contributed by atoms with Crippen molar-refractivity contribution >= 4 is 23.4 Å². The number of rotatable bonds is 6. The first kappa shape index (κ1) is 13.8. The standard InChI is InChI=1S/C13H18ClNO2S/c1-3-18-7-9(2)15-6-10-4-11(14)13-12(5-10)16-8-17-13/h4-5,9,15H,3,6-8H2,1-2H3. The summed E-state index contributed by atoms with van der Waals surface area (Å²) in [7, 11) is 0. The Morgan fingerprint density at radius 1 is 1.44 bits per heavy atom. The summed E-state index contributed by atoms with van der Waals surface area (Å²) in [5, 5.41) is 4.10. The molecule has 1 aliphatic heterocycles. The van der Waals surface area contributed by atoms with Crippen LogP contribution in [0.15, 0.2) is 12.1 Å². The molecule has 1 aromatic rings. The number of thioether (sulfide) groups is 1. The van der Waals surface area contributed by atoms with Crippen LogP contribution in [0.4, 0.5) is 0 Å². The Bertz CT molecular complexity index is 414. The SMILES string of the molecule is CCSCC(C)NCc1cc(Cl)c2c(c1)OCO2. The van der Waals surface area contributed by atoms with E-state index in [1.54, 1.807) is 0 Å². The van der Waals surface area contributed by atoms with Crippen molar-refractivity contribution < 1.29 is 9.47 Å². The van der Waals surface area contributed by atoms with E-state index in [-0.39, 0.29) is 6.79 Å². The van der Waals surface area contributed by atoms with E-state index in [1.807, 2.05) is 23.9 Å². The molecule has 3 nitrogen and oxygen atoms in total. The number of nitrogens with one attached hydrogen (secondary N) is 1. The van der Waals surface area contributed by atoms with Gasteiger partial charge in [0.05, 0.1) is 5.02 Å². The topological polar surface area (TPSA) is 30.5 Å². The van der Waals surface area contributed by atoms with E-state index in [1.165, 1.54) is 0 Å². The molecule has 1 unspecified atom stereocenters. The zero-order chi connectivity index (χ0) is 13.0. The Hall–Kier alpha value is -0.580. The molecule has 0 bridgehead atoms. The molecule has 0 fully saturated rings. The van der Waals surface area contributed by atoms with Gasteiger partial charge in [-0.3, -0.25) is 0 Å². The van der Waals surface area contributed by atoms with Crippen LogP contribution in [0, 0.1) is 0 Å². The maximum Gasteiger partial charge on any atom is 0.231 e. The molecule has 0 amide bonds. The molecule has 18 heavy (non-hydrogen) atoms. The fourth-order valence-electron chi connectivity index (χ4n) is 1.77. The second-order valence-electron chi connectivity index (χ2n) is 4.25. The second kappa shape index (κ2) is 6.55. The predicted octanol–water partition coefficient (Wildman–Crippen LogP) is 3.30. The van der Waals surface area contributed by atoms with Gasteiger partial charge in [-0.1, -0.05) is 18.5 Å². The van der Waals surface area contributed by atoms with Crippen LogP contribution in [0.2, 0.25) is 5.02 Å².